The van der Waals surface area contributed by atoms with Crippen LogP contribution in [0.3, 0.4) is 0 Å². The number of para-hydroxylation sites is 1. The van der Waals surface area contributed by atoms with Gasteiger partial charge in [0.25, 0.3) is 0 Å². The minimum absolute atomic E-state index is 0.227. The molecule has 0 saturated carbocycles. The highest BCUT2D eigenvalue weighted by atomic mass is 19.1. The summed E-state index contributed by atoms with van der Waals surface area (Å²) in [5.74, 6) is 0.348. The summed E-state index contributed by atoms with van der Waals surface area (Å²) in [7, 11) is 1.64. The minimum atomic E-state index is -0.389. The quantitative estimate of drug-likeness (QED) is 0.790. The van der Waals surface area contributed by atoms with Gasteiger partial charge in [0, 0.05) is 32.0 Å². The fraction of sp³-hybridized carbons (Fsp3) is 0.267. The number of hydrogen-bond acceptors (Lipinski definition) is 4. The molecule has 0 amide bonds. The number of pyridine rings is 1. The first-order valence-corrected chi connectivity index (χ1v) is 6.36. The van der Waals surface area contributed by atoms with Gasteiger partial charge >= 0.3 is 0 Å². The highest BCUT2D eigenvalue weighted by Crippen LogP contribution is 2.27. The van der Waals surface area contributed by atoms with Gasteiger partial charge in [-0.25, -0.2) is 4.39 Å². The fourth-order valence-corrected chi connectivity index (χ4v) is 1.73. The van der Waals surface area contributed by atoms with E-state index < -0.39 is 0 Å². The van der Waals surface area contributed by atoms with Crippen molar-refractivity contribution < 1.29 is 13.9 Å². The summed E-state index contributed by atoms with van der Waals surface area (Å²) in [4.78, 5) is 3.95. The first-order valence-electron chi connectivity index (χ1n) is 6.36. The molecule has 1 aromatic carbocycles. The maximum absolute atomic E-state index is 13.9. The van der Waals surface area contributed by atoms with Crippen LogP contribution in [-0.2, 0) is 11.3 Å². The summed E-state index contributed by atoms with van der Waals surface area (Å²) in [6, 6.07) is 8.35. The lowest BCUT2D eigenvalue weighted by Crippen LogP contribution is -2.19. The summed E-state index contributed by atoms with van der Waals surface area (Å²) in [6.07, 6.45) is 3.19. The molecule has 0 bridgehead atoms. The normalized spacial score (nSPS) is 10.5. The van der Waals surface area contributed by atoms with E-state index in [1.165, 1.54) is 6.07 Å². The van der Waals surface area contributed by atoms with Crippen molar-refractivity contribution in [3.63, 3.8) is 0 Å². The predicted octanol–water partition coefficient (Wildman–Crippen LogP) is 2.75. The first-order chi connectivity index (χ1) is 9.81. The van der Waals surface area contributed by atoms with Crippen molar-refractivity contribution in [1.82, 2.24) is 10.3 Å². The van der Waals surface area contributed by atoms with Crippen molar-refractivity contribution in [1.29, 1.82) is 0 Å². The SMILES string of the molecule is COCCNCc1cccc(F)c1Oc1cccnc1. The lowest BCUT2D eigenvalue weighted by molar-refractivity contribution is 0.199. The predicted molar refractivity (Wildman–Crippen MR) is 74.3 cm³/mol. The van der Waals surface area contributed by atoms with Crippen molar-refractivity contribution in [3.05, 3.63) is 54.1 Å². The van der Waals surface area contributed by atoms with Crippen molar-refractivity contribution >= 4 is 0 Å². The Morgan fingerprint density at radius 1 is 1.25 bits per heavy atom. The van der Waals surface area contributed by atoms with E-state index in [0.29, 0.717) is 25.4 Å². The van der Waals surface area contributed by atoms with Crippen LogP contribution in [0.4, 0.5) is 4.39 Å². The molecule has 1 N–H and O–H groups in total. The number of rotatable bonds is 7. The van der Waals surface area contributed by atoms with Gasteiger partial charge in [-0.1, -0.05) is 12.1 Å². The van der Waals surface area contributed by atoms with Gasteiger partial charge in [-0.15, -0.1) is 0 Å². The number of ether oxygens (including phenoxy) is 2. The summed E-state index contributed by atoms with van der Waals surface area (Å²) in [6.45, 7) is 1.81. The third-order valence-electron chi connectivity index (χ3n) is 2.70. The molecule has 0 aliphatic heterocycles. The van der Waals surface area contributed by atoms with Gasteiger partial charge in [0.05, 0.1) is 12.8 Å². The number of nitrogens with zero attached hydrogens (tertiary/aromatic N) is 1. The Bertz CT molecular complexity index is 535. The van der Waals surface area contributed by atoms with E-state index in [9.17, 15) is 4.39 Å². The van der Waals surface area contributed by atoms with Gasteiger partial charge < -0.3 is 14.8 Å². The Morgan fingerprint density at radius 3 is 2.90 bits per heavy atom. The van der Waals surface area contributed by atoms with Crippen LogP contribution >= 0.6 is 0 Å². The van der Waals surface area contributed by atoms with Gasteiger partial charge in [0.1, 0.15) is 5.75 Å². The largest absolute Gasteiger partial charge is 0.452 e. The van der Waals surface area contributed by atoms with Gasteiger partial charge in [-0.2, -0.15) is 0 Å². The van der Waals surface area contributed by atoms with Crippen molar-refractivity contribution in [2.45, 2.75) is 6.54 Å². The topological polar surface area (TPSA) is 43.4 Å². The monoisotopic (exact) mass is 276 g/mol. The maximum atomic E-state index is 13.9. The molecule has 2 rings (SSSR count). The zero-order valence-electron chi connectivity index (χ0n) is 11.3. The molecule has 2 aromatic rings. The van der Waals surface area contributed by atoms with E-state index >= 15 is 0 Å². The molecule has 5 heteroatoms. The average Bonchev–Trinajstić information content (AvgIpc) is 2.48. The third kappa shape index (κ3) is 4.01. The third-order valence-corrected chi connectivity index (χ3v) is 2.70. The van der Waals surface area contributed by atoms with Crippen LogP contribution in [0.2, 0.25) is 0 Å². The van der Waals surface area contributed by atoms with E-state index in [2.05, 4.69) is 10.3 Å². The second-order valence-corrected chi connectivity index (χ2v) is 4.19. The molecule has 0 unspecified atom stereocenters. The van der Waals surface area contributed by atoms with Crippen LogP contribution in [0.15, 0.2) is 42.7 Å². The van der Waals surface area contributed by atoms with E-state index in [1.54, 1.807) is 37.7 Å². The van der Waals surface area contributed by atoms with Gasteiger partial charge in [0.15, 0.2) is 11.6 Å². The van der Waals surface area contributed by atoms with Gasteiger partial charge in [-0.3, -0.25) is 4.98 Å². The molecule has 20 heavy (non-hydrogen) atoms. The van der Waals surface area contributed by atoms with E-state index in [4.69, 9.17) is 9.47 Å². The van der Waals surface area contributed by atoms with Crippen molar-refractivity contribution in [2.75, 3.05) is 20.3 Å². The summed E-state index contributed by atoms with van der Waals surface area (Å²) < 4.78 is 24.5. The van der Waals surface area contributed by atoms with Crippen LogP contribution < -0.4 is 10.1 Å². The summed E-state index contributed by atoms with van der Waals surface area (Å²) in [5.41, 5.74) is 0.755. The summed E-state index contributed by atoms with van der Waals surface area (Å²) in [5, 5.41) is 3.17. The number of benzene rings is 1. The highest BCUT2D eigenvalue weighted by Gasteiger charge is 2.10. The van der Waals surface area contributed by atoms with E-state index in [-0.39, 0.29) is 11.6 Å². The molecule has 0 radical (unpaired) electrons. The molecule has 0 spiro atoms. The van der Waals surface area contributed by atoms with E-state index in [0.717, 1.165) is 5.56 Å². The lowest BCUT2D eigenvalue weighted by Gasteiger charge is -2.12. The number of halogens is 1. The van der Waals surface area contributed by atoms with Crippen LogP contribution in [-0.4, -0.2) is 25.2 Å². The molecule has 0 fully saturated rings. The molecular weight excluding hydrogens is 259 g/mol. The Balaban J connectivity index is 2.10. The number of hydrogen-bond donors (Lipinski definition) is 1. The lowest BCUT2D eigenvalue weighted by atomic mass is 10.2. The molecule has 1 heterocycles. The molecule has 0 aliphatic carbocycles. The van der Waals surface area contributed by atoms with Gasteiger partial charge in [-0.05, 0) is 18.2 Å². The van der Waals surface area contributed by atoms with Crippen LogP contribution in [0.25, 0.3) is 0 Å². The maximum Gasteiger partial charge on any atom is 0.167 e. The summed E-state index contributed by atoms with van der Waals surface area (Å²) >= 11 is 0. The fourth-order valence-electron chi connectivity index (χ4n) is 1.73. The number of nitrogens with one attached hydrogen (secondary N) is 1. The Hall–Kier alpha value is -1.98. The first kappa shape index (κ1) is 14.4. The van der Waals surface area contributed by atoms with Crippen molar-refractivity contribution in [2.24, 2.45) is 0 Å². The van der Waals surface area contributed by atoms with Crippen LogP contribution in [0.5, 0.6) is 11.5 Å². The van der Waals surface area contributed by atoms with Crippen LogP contribution in [0.1, 0.15) is 5.56 Å². The molecule has 106 valence electrons. The molecule has 0 saturated heterocycles. The zero-order valence-corrected chi connectivity index (χ0v) is 11.3. The molecule has 0 atom stereocenters. The zero-order chi connectivity index (χ0) is 14.2. The second kappa shape index (κ2) is 7.57. The molecule has 1 aromatic heterocycles. The smallest absolute Gasteiger partial charge is 0.167 e. The number of aromatic nitrogens is 1. The Kier molecular flexibility index (Phi) is 5.46. The second-order valence-electron chi connectivity index (χ2n) is 4.19. The number of methoxy groups -OCH3 is 1. The van der Waals surface area contributed by atoms with Gasteiger partial charge in [0.2, 0.25) is 0 Å². The minimum Gasteiger partial charge on any atom is -0.452 e. The Morgan fingerprint density at radius 2 is 2.15 bits per heavy atom. The molecule has 4 nitrogen and oxygen atoms in total. The highest BCUT2D eigenvalue weighted by molar-refractivity contribution is 5.38. The molecular formula is C15H17FN2O2. The van der Waals surface area contributed by atoms with E-state index in [1.807, 2.05) is 6.07 Å². The standard InChI is InChI=1S/C15H17FN2O2/c1-19-9-8-18-10-12-4-2-6-14(16)15(12)20-13-5-3-7-17-11-13/h2-7,11,18H,8-10H2,1H3. The van der Waals surface area contributed by atoms with Crippen LogP contribution in [0, 0.1) is 5.82 Å². The van der Waals surface area contributed by atoms with Crippen molar-refractivity contribution in [3.8, 4) is 11.5 Å². The average molecular weight is 276 g/mol. The Labute approximate surface area is 117 Å². The molecule has 0 aliphatic rings.